The van der Waals surface area contributed by atoms with Gasteiger partial charge in [-0.05, 0) is 37.3 Å². The number of aromatic nitrogens is 4. The van der Waals surface area contributed by atoms with Crippen molar-refractivity contribution in [2.24, 2.45) is 0 Å². The van der Waals surface area contributed by atoms with Gasteiger partial charge in [-0.2, -0.15) is 0 Å². The summed E-state index contributed by atoms with van der Waals surface area (Å²) in [7, 11) is 0. The highest BCUT2D eigenvalue weighted by molar-refractivity contribution is 7.99. The van der Waals surface area contributed by atoms with Gasteiger partial charge >= 0.3 is 0 Å². The summed E-state index contributed by atoms with van der Waals surface area (Å²) in [6.45, 7) is 2.07. The SMILES string of the molecule is Cc1cc2nc(SCC(=O)Nc3cccnc3Cl)n(Cc3ccco3)c(=O)c2[nH]1. The molecule has 0 spiro atoms. The minimum Gasteiger partial charge on any atom is -0.467 e. The molecule has 0 bridgehead atoms. The van der Waals surface area contributed by atoms with Crippen LogP contribution in [0.5, 0.6) is 0 Å². The van der Waals surface area contributed by atoms with Crippen molar-refractivity contribution >= 4 is 46.0 Å². The first-order chi connectivity index (χ1) is 14.0. The highest BCUT2D eigenvalue weighted by Crippen LogP contribution is 2.21. The Labute approximate surface area is 174 Å². The largest absolute Gasteiger partial charge is 0.467 e. The van der Waals surface area contributed by atoms with Crippen LogP contribution < -0.4 is 10.9 Å². The van der Waals surface area contributed by atoms with E-state index in [-0.39, 0.29) is 28.9 Å². The Morgan fingerprint density at radius 1 is 1.38 bits per heavy atom. The summed E-state index contributed by atoms with van der Waals surface area (Å²) in [6, 6.07) is 8.68. The third-order valence-electron chi connectivity index (χ3n) is 4.10. The maximum Gasteiger partial charge on any atom is 0.278 e. The predicted molar refractivity (Wildman–Crippen MR) is 112 cm³/mol. The van der Waals surface area contributed by atoms with Crippen LogP contribution in [-0.2, 0) is 11.3 Å². The summed E-state index contributed by atoms with van der Waals surface area (Å²) in [5, 5.41) is 3.34. The number of halogens is 1. The lowest BCUT2D eigenvalue weighted by atomic mass is 10.4. The molecule has 148 valence electrons. The Balaban J connectivity index is 1.60. The summed E-state index contributed by atoms with van der Waals surface area (Å²) in [5.74, 6) is 0.379. The maximum atomic E-state index is 13.0. The number of aromatic amines is 1. The first-order valence-electron chi connectivity index (χ1n) is 8.67. The molecule has 0 aliphatic carbocycles. The van der Waals surface area contributed by atoms with Crippen molar-refractivity contribution in [1.82, 2.24) is 19.5 Å². The highest BCUT2D eigenvalue weighted by Gasteiger charge is 2.16. The number of anilines is 1. The minimum absolute atomic E-state index is 0.0464. The van der Waals surface area contributed by atoms with Crippen LogP contribution >= 0.6 is 23.4 Å². The van der Waals surface area contributed by atoms with E-state index in [1.165, 1.54) is 10.8 Å². The molecule has 29 heavy (non-hydrogen) atoms. The van der Waals surface area contributed by atoms with Gasteiger partial charge in [0.15, 0.2) is 10.3 Å². The summed E-state index contributed by atoms with van der Waals surface area (Å²) >= 11 is 7.14. The van der Waals surface area contributed by atoms with Gasteiger partial charge < -0.3 is 14.7 Å². The molecular weight excluding hydrogens is 414 g/mol. The number of carbonyl (C=O) groups excluding carboxylic acids is 1. The van der Waals surface area contributed by atoms with Crippen LogP contribution in [0.15, 0.2) is 57.2 Å². The van der Waals surface area contributed by atoms with Gasteiger partial charge in [0, 0.05) is 11.9 Å². The number of hydrogen-bond acceptors (Lipinski definition) is 6. The van der Waals surface area contributed by atoms with E-state index in [0.717, 1.165) is 17.5 Å². The van der Waals surface area contributed by atoms with Gasteiger partial charge in [-0.3, -0.25) is 14.2 Å². The molecule has 0 aromatic carbocycles. The lowest BCUT2D eigenvalue weighted by Crippen LogP contribution is -2.24. The van der Waals surface area contributed by atoms with Crippen molar-refractivity contribution in [3.05, 3.63) is 69.8 Å². The average molecular weight is 430 g/mol. The number of nitrogens with zero attached hydrogens (tertiary/aromatic N) is 3. The van der Waals surface area contributed by atoms with Crippen molar-refractivity contribution in [1.29, 1.82) is 0 Å². The van der Waals surface area contributed by atoms with Crippen molar-refractivity contribution in [3.8, 4) is 0 Å². The normalized spacial score (nSPS) is 11.1. The molecule has 0 radical (unpaired) electrons. The molecule has 4 rings (SSSR count). The number of furan rings is 1. The third kappa shape index (κ3) is 4.20. The van der Waals surface area contributed by atoms with Gasteiger partial charge in [0.25, 0.3) is 5.56 Å². The van der Waals surface area contributed by atoms with Crippen molar-refractivity contribution < 1.29 is 9.21 Å². The molecule has 4 aromatic heterocycles. The average Bonchev–Trinajstić information content (AvgIpc) is 3.33. The van der Waals surface area contributed by atoms with Crippen LogP contribution in [0.25, 0.3) is 11.0 Å². The molecule has 1 amide bonds. The van der Waals surface area contributed by atoms with E-state index in [4.69, 9.17) is 16.0 Å². The minimum atomic E-state index is -0.283. The molecule has 4 aromatic rings. The van der Waals surface area contributed by atoms with Gasteiger partial charge in [-0.25, -0.2) is 9.97 Å². The lowest BCUT2D eigenvalue weighted by Gasteiger charge is -2.11. The fourth-order valence-electron chi connectivity index (χ4n) is 2.81. The van der Waals surface area contributed by atoms with Crippen molar-refractivity contribution in [2.75, 3.05) is 11.1 Å². The molecule has 0 saturated carbocycles. The van der Waals surface area contributed by atoms with E-state index in [1.807, 2.05) is 6.92 Å². The zero-order valence-corrected chi connectivity index (χ0v) is 16.9. The molecule has 0 fully saturated rings. The predicted octanol–water partition coefficient (Wildman–Crippen LogP) is 3.45. The number of H-pyrrole nitrogens is 1. The highest BCUT2D eigenvalue weighted by atomic mass is 35.5. The molecule has 0 saturated heterocycles. The van der Waals surface area contributed by atoms with Crippen molar-refractivity contribution in [2.45, 2.75) is 18.6 Å². The number of pyridine rings is 1. The first-order valence-corrected chi connectivity index (χ1v) is 10.0. The Kier molecular flexibility index (Phi) is 5.41. The van der Waals surface area contributed by atoms with E-state index in [1.54, 1.807) is 36.6 Å². The molecule has 10 heteroatoms. The smallest absolute Gasteiger partial charge is 0.278 e. The summed E-state index contributed by atoms with van der Waals surface area (Å²) in [4.78, 5) is 36.9. The van der Waals surface area contributed by atoms with Crippen LogP contribution in [0.2, 0.25) is 5.15 Å². The number of aryl methyl sites for hydroxylation is 1. The lowest BCUT2D eigenvalue weighted by molar-refractivity contribution is -0.113. The van der Waals surface area contributed by atoms with E-state index < -0.39 is 0 Å². The molecule has 0 aliphatic rings. The second kappa shape index (κ2) is 8.14. The summed E-state index contributed by atoms with van der Waals surface area (Å²) in [5.41, 5.74) is 2.02. The number of fused-ring (bicyclic) bond motifs is 1. The van der Waals surface area contributed by atoms with Crippen LogP contribution in [0.1, 0.15) is 11.5 Å². The van der Waals surface area contributed by atoms with Gasteiger partial charge in [-0.15, -0.1) is 0 Å². The number of thioether (sulfide) groups is 1. The number of carbonyl (C=O) groups is 1. The Bertz CT molecular complexity index is 1230. The topological polar surface area (TPSA) is 106 Å². The monoisotopic (exact) mass is 429 g/mol. The molecule has 0 atom stereocenters. The van der Waals surface area contributed by atoms with E-state index in [9.17, 15) is 9.59 Å². The van der Waals surface area contributed by atoms with Gasteiger partial charge in [0.05, 0.1) is 29.8 Å². The summed E-state index contributed by atoms with van der Waals surface area (Å²) in [6.07, 6.45) is 3.08. The number of amides is 1. The molecule has 2 N–H and O–H groups in total. The quantitative estimate of drug-likeness (QED) is 0.276. The zero-order chi connectivity index (χ0) is 20.4. The molecule has 0 unspecified atom stereocenters. The van der Waals surface area contributed by atoms with Gasteiger partial charge in [0.2, 0.25) is 5.91 Å². The van der Waals surface area contributed by atoms with E-state index >= 15 is 0 Å². The van der Waals surface area contributed by atoms with E-state index in [0.29, 0.717) is 27.6 Å². The fraction of sp³-hybridized carbons (Fsp3) is 0.158. The number of rotatable bonds is 6. The Morgan fingerprint density at radius 3 is 3.00 bits per heavy atom. The second-order valence-electron chi connectivity index (χ2n) is 6.26. The summed E-state index contributed by atoms with van der Waals surface area (Å²) < 4.78 is 6.87. The molecule has 8 nitrogen and oxygen atoms in total. The molecule has 4 heterocycles. The number of hydrogen-bond donors (Lipinski definition) is 2. The zero-order valence-electron chi connectivity index (χ0n) is 15.3. The molecular formula is C19H16ClN5O3S. The third-order valence-corrected chi connectivity index (χ3v) is 5.37. The Hall–Kier alpha value is -3.04. The van der Waals surface area contributed by atoms with Gasteiger partial charge in [-0.1, -0.05) is 23.4 Å². The van der Waals surface area contributed by atoms with Crippen LogP contribution in [0.4, 0.5) is 5.69 Å². The fourth-order valence-corrected chi connectivity index (χ4v) is 3.78. The second-order valence-corrected chi connectivity index (χ2v) is 7.56. The standard InChI is InChI=1S/C19H16ClN5O3S/c1-11-8-14-16(22-11)18(27)25(9-12-4-3-7-28-12)19(24-14)29-10-15(26)23-13-5-2-6-21-17(13)20/h2-8,22H,9-10H2,1H3,(H,23,26). The first kappa shape index (κ1) is 19.3. The van der Waals surface area contributed by atoms with Crippen LogP contribution in [-0.4, -0.2) is 31.2 Å². The van der Waals surface area contributed by atoms with Crippen molar-refractivity contribution in [3.63, 3.8) is 0 Å². The number of nitrogens with one attached hydrogen (secondary N) is 2. The van der Waals surface area contributed by atoms with Gasteiger partial charge in [0.1, 0.15) is 11.3 Å². The van der Waals surface area contributed by atoms with E-state index in [2.05, 4.69) is 20.3 Å². The van der Waals surface area contributed by atoms with Crippen LogP contribution in [0, 0.1) is 6.92 Å². The molecule has 0 aliphatic heterocycles. The Morgan fingerprint density at radius 2 is 2.24 bits per heavy atom. The van der Waals surface area contributed by atoms with Crippen LogP contribution in [0.3, 0.4) is 0 Å². The maximum absolute atomic E-state index is 13.0.